The first-order valence-corrected chi connectivity index (χ1v) is 13.4. The molecule has 0 amide bonds. The van der Waals surface area contributed by atoms with E-state index in [1.54, 1.807) is 0 Å². The number of likely N-dealkylation sites (N-methyl/N-ethyl adjacent to an activating group) is 1. The first-order valence-electron chi connectivity index (χ1n) is 13.4. The SMILES string of the molecule is CCCCNc1ncc2c3ccc(CN4CCN(C)CC4)cc3c(=O)n(C3CCC(ON)CC3)c2n1. The standard InChI is InChI=1S/C27H39N7O2/c1-3-4-11-29-27-30-17-24-22-10-5-19(18-33-14-12-32(2)13-15-33)16-23(22)26(35)34(25(24)31-27)20-6-8-21(36-28)9-7-20/h5,10,16-17,20-21H,3-4,6-9,11-15,18,28H2,1-2H3,(H,29,30,31). The molecule has 9 nitrogen and oxygen atoms in total. The lowest BCUT2D eigenvalue weighted by Gasteiger charge is -2.32. The average molecular weight is 494 g/mol. The fraction of sp³-hybridized carbons (Fsp3) is 0.593. The lowest BCUT2D eigenvalue weighted by molar-refractivity contribution is 0.0187. The van der Waals surface area contributed by atoms with Crippen molar-refractivity contribution in [2.24, 2.45) is 5.90 Å². The van der Waals surface area contributed by atoms with Crippen LogP contribution in [0.3, 0.4) is 0 Å². The number of benzene rings is 1. The maximum Gasteiger partial charge on any atom is 0.260 e. The number of fused-ring (bicyclic) bond motifs is 3. The number of pyridine rings is 1. The zero-order valence-corrected chi connectivity index (χ0v) is 21.6. The number of hydrogen-bond donors (Lipinski definition) is 2. The minimum atomic E-state index is 0.0352. The molecule has 1 aromatic carbocycles. The van der Waals surface area contributed by atoms with Gasteiger partial charge in [0.1, 0.15) is 5.65 Å². The van der Waals surface area contributed by atoms with E-state index in [-0.39, 0.29) is 17.7 Å². The summed E-state index contributed by atoms with van der Waals surface area (Å²) >= 11 is 0. The predicted octanol–water partition coefficient (Wildman–Crippen LogP) is 3.28. The molecule has 0 atom stereocenters. The van der Waals surface area contributed by atoms with Gasteiger partial charge in [0.15, 0.2) is 0 Å². The number of anilines is 1. The molecule has 2 fully saturated rings. The van der Waals surface area contributed by atoms with Crippen molar-refractivity contribution in [3.8, 4) is 0 Å². The highest BCUT2D eigenvalue weighted by molar-refractivity contribution is 6.04. The number of nitrogens with one attached hydrogen (secondary N) is 1. The summed E-state index contributed by atoms with van der Waals surface area (Å²) in [4.78, 5) is 33.5. The van der Waals surface area contributed by atoms with E-state index in [1.165, 1.54) is 5.56 Å². The number of unbranched alkanes of at least 4 members (excludes halogenated alkanes) is 1. The summed E-state index contributed by atoms with van der Waals surface area (Å²) in [6.07, 6.45) is 7.43. The number of nitrogens with zero attached hydrogens (tertiary/aromatic N) is 5. The summed E-state index contributed by atoms with van der Waals surface area (Å²) in [7, 11) is 2.17. The molecule has 1 saturated carbocycles. The molecular weight excluding hydrogens is 454 g/mol. The summed E-state index contributed by atoms with van der Waals surface area (Å²) in [5, 5.41) is 5.93. The van der Waals surface area contributed by atoms with Gasteiger partial charge in [0.05, 0.1) is 6.10 Å². The van der Waals surface area contributed by atoms with E-state index in [0.717, 1.165) is 94.0 Å². The zero-order valence-electron chi connectivity index (χ0n) is 21.6. The van der Waals surface area contributed by atoms with Gasteiger partial charge >= 0.3 is 0 Å². The topological polar surface area (TPSA) is 102 Å². The molecule has 3 heterocycles. The molecule has 9 heteroatoms. The molecule has 2 aromatic heterocycles. The first kappa shape index (κ1) is 25.1. The Morgan fingerprint density at radius 3 is 2.58 bits per heavy atom. The minimum Gasteiger partial charge on any atom is -0.354 e. The number of rotatable bonds is 8. The van der Waals surface area contributed by atoms with Crippen molar-refractivity contribution in [2.45, 2.75) is 64.1 Å². The van der Waals surface area contributed by atoms with Crippen LogP contribution in [0.2, 0.25) is 0 Å². The van der Waals surface area contributed by atoms with Crippen molar-refractivity contribution < 1.29 is 4.84 Å². The van der Waals surface area contributed by atoms with Gasteiger partial charge in [0.25, 0.3) is 5.56 Å². The molecule has 0 bridgehead atoms. The molecule has 0 radical (unpaired) electrons. The Morgan fingerprint density at radius 1 is 1.08 bits per heavy atom. The zero-order chi connectivity index (χ0) is 25.1. The average Bonchev–Trinajstić information content (AvgIpc) is 2.91. The quantitative estimate of drug-likeness (QED) is 0.280. The second-order valence-corrected chi connectivity index (χ2v) is 10.4. The normalized spacial score (nSPS) is 21.9. The van der Waals surface area contributed by atoms with Crippen LogP contribution in [0.1, 0.15) is 57.1 Å². The van der Waals surface area contributed by atoms with Gasteiger partial charge in [-0.25, -0.2) is 10.9 Å². The van der Waals surface area contributed by atoms with Crippen LogP contribution in [0.15, 0.2) is 29.2 Å². The Kier molecular flexibility index (Phi) is 7.81. The smallest absolute Gasteiger partial charge is 0.260 e. The van der Waals surface area contributed by atoms with Crippen molar-refractivity contribution in [3.63, 3.8) is 0 Å². The number of nitrogens with two attached hydrogens (primary N) is 1. The van der Waals surface area contributed by atoms with Gasteiger partial charge in [0, 0.05) is 62.3 Å². The Balaban J connectivity index is 1.56. The molecule has 1 aliphatic carbocycles. The molecule has 3 aromatic rings. The molecule has 36 heavy (non-hydrogen) atoms. The largest absolute Gasteiger partial charge is 0.354 e. The van der Waals surface area contributed by atoms with Crippen LogP contribution in [0.25, 0.3) is 21.8 Å². The maximum absolute atomic E-state index is 14.1. The fourth-order valence-corrected chi connectivity index (χ4v) is 5.58. The molecule has 0 unspecified atom stereocenters. The lowest BCUT2D eigenvalue weighted by Crippen LogP contribution is -2.43. The molecular formula is C27H39N7O2. The number of aromatic nitrogens is 3. The van der Waals surface area contributed by atoms with Crippen LogP contribution in [-0.4, -0.2) is 70.2 Å². The van der Waals surface area contributed by atoms with Gasteiger partial charge in [-0.15, -0.1) is 0 Å². The highest BCUT2D eigenvalue weighted by atomic mass is 16.6. The van der Waals surface area contributed by atoms with Gasteiger partial charge in [-0.05, 0) is 56.2 Å². The van der Waals surface area contributed by atoms with Crippen LogP contribution >= 0.6 is 0 Å². The van der Waals surface area contributed by atoms with E-state index in [2.05, 4.69) is 52.3 Å². The first-order chi connectivity index (χ1) is 17.6. The molecule has 1 aliphatic heterocycles. The lowest BCUT2D eigenvalue weighted by atomic mass is 9.92. The molecule has 5 rings (SSSR count). The predicted molar refractivity (Wildman–Crippen MR) is 144 cm³/mol. The Morgan fingerprint density at radius 2 is 1.86 bits per heavy atom. The Labute approximate surface area is 212 Å². The van der Waals surface area contributed by atoms with Crippen LogP contribution in [0, 0.1) is 0 Å². The van der Waals surface area contributed by atoms with E-state index in [1.807, 2.05) is 10.8 Å². The van der Waals surface area contributed by atoms with Gasteiger partial charge in [-0.2, -0.15) is 4.98 Å². The van der Waals surface area contributed by atoms with Crippen LogP contribution in [-0.2, 0) is 11.4 Å². The fourth-order valence-electron chi connectivity index (χ4n) is 5.58. The van der Waals surface area contributed by atoms with E-state index in [4.69, 9.17) is 15.7 Å². The van der Waals surface area contributed by atoms with E-state index >= 15 is 0 Å². The summed E-state index contributed by atoms with van der Waals surface area (Å²) in [5.74, 6) is 6.03. The summed E-state index contributed by atoms with van der Waals surface area (Å²) < 4.78 is 1.93. The molecule has 194 valence electrons. The Hall–Kier alpha value is -2.59. The van der Waals surface area contributed by atoms with Crippen LogP contribution in [0.4, 0.5) is 5.95 Å². The molecule has 0 spiro atoms. The third-order valence-corrected chi connectivity index (χ3v) is 7.84. The Bertz CT molecular complexity index is 1240. The number of hydrogen-bond acceptors (Lipinski definition) is 8. The van der Waals surface area contributed by atoms with Crippen LogP contribution < -0.4 is 16.8 Å². The molecule has 3 N–H and O–H groups in total. The van der Waals surface area contributed by atoms with Gasteiger partial charge in [-0.1, -0.05) is 25.5 Å². The van der Waals surface area contributed by atoms with E-state index in [9.17, 15) is 4.79 Å². The van der Waals surface area contributed by atoms with Crippen molar-refractivity contribution in [3.05, 3.63) is 40.3 Å². The summed E-state index contributed by atoms with van der Waals surface area (Å²) in [6, 6.07) is 6.40. The van der Waals surface area contributed by atoms with Gasteiger partial charge in [-0.3, -0.25) is 14.3 Å². The third-order valence-electron chi connectivity index (χ3n) is 7.84. The van der Waals surface area contributed by atoms with E-state index in [0.29, 0.717) is 11.6 Å². The second kappa shape index (κ2) is 11.2. The summed E-state index contributed by atoms with van der Waals surface area (Å²) in [6.45, 7) is 8.07. The molecule has 2 aliphatic rings. The number of piperazine rings is 1. The third kappa shape index (κ3) is 5.25. The second-order valence-electron chi connectivity index (χ2n) is 10.4. The van der Waals surface area contributed by atoms with Crippen molar-refractivity contribution >= 4 is 27.8 Å². The summed E-state index contributed by atoms with van der Waals surface area (Å²) in [5.41, 5.74) is 1.92. The maximum atomic E-state index is 14.1. The van der Waals surface area contributed by atoms with Crippen molar-refractivity contribution in [1.82, 2.24) is 24.3 Å². The minimum absolute atomic E-state index is 0.0352. The monoisotopic (exact) mass is 493 g/mol. The van der Waals surface area contributed by atoms with Crippen LogP contribution in [0.5, 0.6) is 0 Å². The highest BCUT2D eigenvalue weighted by Gasteiger charge is 2.26. The molecule has 1 saturated heterocycles. The van der Waals surface area contributed by atoms with Crippen molar-refractivity contribution in [1.29, 1.82) is 0 Å². The van der Waals surface area contributed by atoms with Crippen molar-refractivity contribution in [2.75, 3.05) is 45.1 Å². The highest BCUT2D eigenvalue weighted by Crippen LogP contribution is 2.32. The van der Waals surface area contributed by atoms with E-state index < -0.39 is 0 Å². The van der Waals surface area contributed by atoms with Gasteiger partial charge < -0.3 is 15.1 Å². The van der Waals surface area contributed by atoms with Gasteiger partial charge in [0.2, 0.25) is 5.95 Å².